The van der Waals surface area contributed by atoms with Gasteiger partial charge in [0.1, 0.15) is 0 Å². The van der Waals surface area contributed by atoms with Gasteiger partial charge in [-0.2, -0.15) is 0 Å². The molecule has 0 unspecified atom stereocenters. The van der Waals surface area contributed by atoms with Gasteiger partial charge in [-0.05, 0) is 49.4 Å². The number of amides is 2. The van der Waals surface area contributed by atoms with Crippen LogP contribution in [0.5, 0.6) is 0 Å². The van der Waals surface area contributed by atoms with Crippen molar-refractivity contribution in [3.05, 3.63) is 83.4 Å². The van der Waals surface area contributed by atoms with E-state index in [9.17, 15) is 14.4 Å². The van der Waals surface area contributed by atoms with Crippen molar-refractivity contribution >= 4 is 40.7 Å². The minimum absolute atomic E-state index is 0.0690. The zero-order chi connectivity index (χ0) is 19.7. The van der Waals surface area contributed by atoms with E-state index in [1.54, 1.807) is 42.5 Å². The Morgan fingerprint density at radius 3 is 2.54 bits per heavy atom. The van der Waals surface area contributed by atoms with E-state index in [-0.39, 0.29) is 17.6 Å². The van der Waals surface area contributed by atoms with Crippen LogP contribution in [0.2, 0.25) is 0 Å². The Labute approximate surface area is 166 Å². The molecule has 0 saturated carbocycles. The first kappa shape index (κ1) is 18.0. The van der Waals surface area contributed by atoms with Crippen LogP contribution >= 0.6 is 11.8 Å². The quantitative estimate of drug-likeness (QED) is 0.629. The fourth-order valence-corrected chi connectivity index (χ4v) is 3.94. The van der Waals surface area contributed by atoms with Gasteiger partial charge >= 0.3 is 0 Å². The highest BCUT2D eigenvalue weighted by molar-refractivity contribution is 7.99. The Bertz CT molecular complexity index is 1120. The number of fused-ring (bicyclic) bond motifs is 2. The van der Waals surface area contributed by atoms with Crippen LogP contribution in [0, 0.1) is 0 Å². The molecular formula is C22H16N2O3S. The Hall–Kier alpha value is -3.38. The van der Waals surface area contributed by atoms with Crippen LogP contribution in [0.4, 0.5) is 11.4 Å². The van der Waals surface area contributed by atoms with Gasteiger partial charge in [0.25, 0.3) is 11.8 Å². The lowest BCUT2D eigenvalue weighted by molar-refractivity contribution is 0.101. The fourth-order valence-electron chi connectivity index (χ4n) is 2.93. The molecule has 3 aromatic carbocycles. The molecule has 0 spiro atoms. The summed E-state index contributed by atoms with van der Waals surface area (Å²) in [7, 11) is 0. The number of Topliss-reactive ketones (excluding diaryl/α,β-unsaturated/α-hetero) is 1. The van der Waals surface area contributed by atoms with Crippen molar-refractivity contribution in [2.24, 2.45) is 0 Å². The van der Waals surface area contributed by atoms with E-state index in [0.29, 0.717) is 28.1 Å². The zero-order valence-electron chi connectivity index (χ0n) is 15.0. The van der Waals surface area contributed by atoms with Gasteiger partial charge in [-0.3, -0.25) is 14.4 Å². The molecule has 2 N–H and O–H groups in total. The normalized spacial score (nSPS) is 12.2. The molecule has 0 saturated heterocycles. The predicted octanol–water partition coefficient (Wildman–Crippen LogP) is 4.86. The summed E-state index contributed by atoms with van der Waals surface area (Å²) in [5.74, 6) is -0.585. The van der Waals surface area contributed by atoms with Gasteiger partial charge < -0.3 is 10.6 Å². The lowest BCUT2D eigenvalue weighted by atomic mass is 10.1. The summed E-state index contributed by atoms with van der Waals surface area (Å²) in [6.45, 7) is 1.48. The Morgan fingerprint density at radius 1 is 0.893 bits per heavy atom. The molecule has 0 fully saturated rings. The van der Waals surface area contributed by atoms with E-state index in [2.05, 4.69) is 10.6 Å². The molecule has 1 heterocycles. The predicted molar refractivity (Wildman–Crippen MR) is 109 cm³/mol. The summed E-state index contributed by atoms with van der Waals surface area (Å²) in [4.78, 5) is 38.4. The molecule has 0 aliphatic carbocycles. The minimum atomic E-state index is -0.315. The lowest BCUT2D eigenvalue weighted by Gasteiger charge is -2.10. The average molecular weight is 388 g/mol. The summed E-state index contributed by atoms with van der Waals surface area (Å²) in [6.07, 6.45) is 0. The summed E-state index contributed by atoms with van der Waals surface area (Å²) in [5.41, 5.74) is 2.69. The van der Waals surface area contributed by atoms with Crippen LogP contribution < -0.4 is 10.6 Å². The first-order chi connectivity index (χ1) is 13.5. The molecule has 3 aromatic rings. The number of anilines is 2. The summed E-state index contributed by atoms with van der Waals surface area (Å²) < 4.78 is 0. The number of ketones is 1. The smallest absolute Gasteiger partial charge is 0.256 e. The highest BCUT2D eigenvalue weighted by atomic mass is 32.2. The highest BCUT2D eigenvalue weighted by Gasteiger charge is 2.20. The van der Waals surface area contributed by atoms with Gasteiger partial charge in [0, 0.05) is 26.6 Å². The van der Waals surface area contributed by atoms with Crippen LogP contribution in [0.3, 0.4) is 0 Å². The van der Waals surface area contributed by atoms with E-state index >= 15 is 0 Å². The number of carbonyl (C=O) groups is 3. The average Bonchev–Trinajstić information content (AvgIpc) is 2.83. The lowest BCUT2D eigenvalue weighted by Crippen LogP contribution is -2.14. The molecule has 1 aliphatic heterocycles. The second-order valence-corrected chi connectivity index (χ2v) is 7.44. The van der Waals surface area contributed by atoms with Crippen molar-refractivity contribution in [2.75, 3.05) is 10.6 Å². The van der Waals surface area contributed by atoms with Gasteiger partial charge in [0.05, 0.1) is 11.3 Å². The number of rotatable bonds is 3. The molecule has 4 rings (SSSR count). The zero-order valence-corrected chi connectivity index (χ0v) is 15.8. The SMILES string of the molecule is CC(=O)c1cccc(NC(=O)c2ccc3c(c2)NC(=O)c2ccccc2S3)c1. The molecular weight excluding hydrogens is 372 g/mol. The van der Waals surface area contributed by atoms with Crippen molar-refractivity contribution in [1.29, 1.82) is 0 Å². The molecule has 0 radical (unpaired) electrons. The van der Waals surface area contributed by atoms with Gasteiger partial charge in [-0.1, -0.05) is 36.0 Å². The molecule has 1 aliphatic rings. The van der Waals surface area contributed by atoms with Crippen molar-refractivity contribution in [3.63, 3.8) is 0 Å². The third-order valence-corrected chi connectivity index (χ3v) is 5.52. The molecule has 0 atom stereocenters. The summed E-state index contributed by atoms with van der Waals surface area (Å²) in [6, 6.07) is 19.4. The standard InChI is InChI=1S/C22H16N2O3S/c1-13(25)14-5-4-6-16(11-14)23-21(26)15-9-10-20-18(12-15)24-22(27)17-7-2-3-8-19(17)28-20/h2-12H,1H3,(H,23,26)(H,24,27). The highest BCUT2D eigenvalue weighted by Crippen LogP contribution is 2.39. The molecule has 28 heavy (non-hydrogen) atoms. The second kappa shape index (κ2) is 7.32. The van der Waals surface area contributed by atoms with E-state index < -0.39 is 0 Å². The van der Waals surface area contributed by atoms with Crippen LogP contribution in [-0.2, 0) is 0 Å². The van der Waals surface area contributed by atoms with Crippen LogP contribution in [-0.4, -0.2) is 17.6 Å². The minimum Gasteiger partial charge on any atom is -0.322 e. The molecule has 138 valence electrons. The first-order valence-electron chi connectivity index (χ1n) is 8.66. The maximum absolute atomic E-state index is 12.7. The van der Waals surface area contributed by atoms with Crippen molar-refractivity contribution in [1.82, 2.24) is 0 Å². The van der Waals surface area contributed by atoms with Gasteiger partial charge in [-0.25, -0.2) is 0 Å². The molecule has 6 heteroatoms. The summed E-state index contributed by atoms with van der Waals surface area (Å²) >= 11 is 1.48. The van der Waals surface area contributed by atoms with E-state index in [1.807, 2.05) is 24.3 Å². The van der Waals surface area contributed by atoms with E-state index in [0.717, 1.165) is 9.79 Å². The van der Waals surface area contributed by atoms with Gasteiger partial charge in [-0.15, -0.1) is 0 Å². The third kappa shape index (κ3) is 3.54. The largest absolute Gasteiger partial charge is 0.322 e. The second-order valence-electron chi connectivity index (χ2n) is 6.35. The maximum Gasteiger partial charge on any atom is 0.256 e. The summed E-state index contributed by atoms with van der Waals surface area (Å²) in [5, 5.41) is 5.67. The van der Waals surface area contributed by atoms with Crippen molar-refractivity contribution in [3.8, 4) is 0 Å². The fraction of sp³-hybridized carbons (Fsp3) is 0.0455. The number of benzene rings is 3. The Morgan fingerprint density at radius 2 is 1.71 bits per heavy atom. The Balaban J connectivity index is 1.60. The first-order valence-corrected chi connectivity index (χ1v) is 9.47. The maximum atomic E-state index is 12.7. The number of hydrogen-bond donors (Lipinski definition) is 2. The van der Waals surface area contributed by atoms with E-state index in [4.69, 9.17) is 0 Å². The van der Waals surface area contributed by atoms with E-state index in [1.165, 1.54) is 18.7 Å². The molecule has 2 amide bonds. The topological polar surface area (TPSA) is 75.3 Å². The monoisotopic (exact) mass is 388 g/mol. The van der Waals surface area contributed by atoms with Crippen LogP contribution in [0.15, 0.2) is 76.5 Å². The van der Waals surface area contributed by atoms with Gasteiger partial charge in [0.15, 0.2) is 5.78 Å². The number of carbonyl (C=O) groups excluding carboxylic acids is 3. The van der Waals surface area contributed by atoms with Crippen LogP contribution in [0.25, 0.3) is 0 Å². The van der Waals surface area contributed by atoms with Crippen LogP contribution in [0.1, 0.15) is 38.0 Å². The molecule has 5 nitrogen and oxygen atoms in total. The number of hydrogen-bond acceptors (Lipinski definition) is 4. The van der Waals surface area contributed by atoms with Crippen molar-refractivity contribution in [2.45, 2.75) is 16.7 Å². The van der Waals surface area contributed by atoms with Gasteiger partial charge in [0.2, 0.25) is 0 Å². The molecule has 0 bridgehead atoms. The number of nitrogens with one attached hydrogen (secondary N) is 2. The van der Waals surface area contributed by atoms with Crippen molar-refractivity contribution < 1.29 is 14.4 Å². The third-order valence-electron chi connectivity index (χ3n) is 4.37. The Kier molecular flexibility index (Phi) is 4.71. The molecule has 0 aromatic heterocycles.